The van der Waals surface area contributed by atoms with Crippen LogP contribution in [0.2, 0.25) is 0 Å². The third-order valence-corrected chi connectivity index (χ3v) is 3.61. The Morgan fingerprint density at radius 1 is 1.11 bits per heavy atom. The molecular weight excluding hydrogens is 243 g/mol. The van der Waals surface area contributed by atoms with Crippen LogP contribution >= 0.6 is 0 Å². The zero-order chi connectivity index (χ0) is 13.4. The molecule has 0 saturated heterocycles. The van der Waals surface area contributed by atoms with E-state index < -0.39 is 17.3 Å². The molecular formula is C13H16F3NO. The Balaban J connectivity index is 2.19. The highest BCUT2D eigenvalue weighted by Gasteiger charge is 2.35. The van der Waals surface area contributed by atoms with Crippen molar-refractivity contribution >= 4 is 0 Å². The molecule has 2 rings (SSSR count). The Morgan fingerprint density at radius 2 is 1.61 bits per heavy atom. The lowest BCUT2D eigenvalue weighted by molar-refractivity contribution is -0.137. The van der Waals surface area contributed by atoms with Crippen molar-refractivity contribution in [3.63, 3.8) is 0 Å². The van der Waals surface area contributed by atoms with E-state index in [0.29, 0.717) is 31.2 Å². The van der Waals surface area contributed by atoms with Crippen LogP contribution in [0.1, 0.15) is 36.8 Å². The summed E-state index contributed by atoms with van der Waals surface area (Å²) in [5.41, 5.74) is 4.58. The second-order valence-electron chi connectivity index (χ2n) is 4.94. The molecule has 1 aliphatic carbocycles. The fourth-order valence-electron chi connectivity index (χ4n) is 2.38. The van der Waals surface area contributed by atoms with Crippen molar-refractivity contribution in [2.75, 3.05) is 0 Å². The van der Waals surface area contributed by atoms with E-state index in [1.165, 1.54) is 12.1 Å². The third-order valence-electron chi connectivity index (χ3n) is 3.61. The summed E-state index contributed by atoms with van der Waals surface area (Å²) in [7, 11) is 0. The normalized spacial score (nSPS) is 29.3. The fourth-order valence-corrected chi connectivity index (χ4v) is 2.38. The second kappa shape index (κ2) is 4.55. The van der Waals surface area contributed by atoms with Gasteiger partial charge in [-0.25, -0.2) is 0 Å². The summed E-state index contributed by atoms with van der Waals surface area (Å²) >= 11 is 0. The number of halogens is 3. The smallest absolute Gasteiger partial charge is 0.385 e. The number of aliphatic hydroxyl groups is 1. The molecule has 5 heteroatoms. The topological polar surface area (TPSA) is 46.2 Å². The largest absolute Gasteiger partial charge is 0.416 e. The van der Waals surface area contributed by atoms with Crippen LogP contribution < -0.4 is 5.73 Å². The molecule has 0 spiro atoms. The van der Waals surface area contributed by atoms with Gasteiger partial charge in [0.2, 0.25) is 0 Å². The van der Waals surface area contributed by atoms with Gasteiger partial charge in [0.05, 0.1) is 11.2 Å². The van der Waals surface area contributed by atoms with Crippen molar-refractivity contribution in [3.8, 4) is 0 Å². The predicted octanol–water partition coefficient (Wildman–Crippen LogP) is 2.79. The lowest BCUT2D eigenvalue weighted by Gasteiger charge is -2.35. The van der Waals surface area contributed by atoms with Gasteiger partial charge in [-0.05, 0) is 43.4 Å². The highest BCUT2D eigenvalue weighted by Crippen LogP contribution is 2.38. The number of hydrogen-bond donors (Lipinski definition) is 2. The van der Waals surface area contributed by atoms with Crippen LogP contribution in [0.4, 0.5) is 13.2 Å². The number of hydrogen-bond acceptors (Lipinski definition) is 2. The van der Waals surface area contributed by atoms with Gasteiger partial charge in [-0.3, -0.25) is 0 Å². The van der Waals surface area contributed by atoms with Crippen molar-refractivity contribution < 1.29 is 18.3 Å². The first-order valence-electron chi connectivity index (χ1n) is 5.97. The van der Waals surface area contributed by atoms with E-state index in [1.807, 2.05) is 0 Å². The van der Waals surface area contributed by atoms with Gasteiger partial charge < -0.3 is 10.8 Å². The molecule has 0 aromatic heterocycles. The summed E-state index contributed by atoms with van der Waals surface area (Å²) < 4.78 is 37.3. The molecule has 1 aromatic carbocycles. The molecule has 0 amide bonds. The minimum Gasteiger partial charge on any atom is -0.385 e. The quantitative estimate of drug-likeness (QED) is 0.814. The standard InChI is InChI=1S/C13H16F3NO/c14-13(15,16)10-3-1-9(2-4-10)12(18)7-5-11(17)6-8-12/h1-4,11,18H,5-8,17H2. The summed E-state index contributed by atoms with van der Waals surface area (Å²) in [4.78, 5) is 0. The zero-order valence-corrected chi connectivity index (χ0v) is 9.87. The first kappa shape index (κ1) is 13.4. The summed E-state index contributed by atoms with van der Waals surface area (Å²) in [6.45, 7) is 0. The van der Waals surface area contributed by atoms with Crippen molar-refractivity contribution in [3.05, 3.63) is 35.4 Å². The van der Waals surface area contributed by atoms with Crippen LogP contribution in [0.3, 0.4) is 0 Å². The van der Waals surface area contributed by atoms with E-state index in [0.717, 1.165) is 12.1 Å². The predicted molar refractivity (Wildman–Crippen MR) is 61.8 cm³/mol. The summed E-state index contributed by atoms with van der Waals surface area (Å²) in [5, 5.41) is 10.4. The number of benzene rings is 1. The van der Waals surface area contributed by atoms with E-state index in [2.05, 4.69) is 0 Å². The van der Waals surface area contributed by atoms with Gasteiger partial charge in [-0.2, -0.15) is 13.2 Å². The molecule has 0 bridgehead atoms. The molecule has 2 nitrogen and oxygen atoms in total. The van der Waals surface area contributed by atoms with Gasteiger partial charge in [0.1, 0.15) is 0 Å². The lowest BCUT2D eigenvalue weighted by Crippen LogP contribution is -2.36. The van der Waals surface area contributed by atoms with Crippen LogP contribution in [0, 0.1) is 0 Å². The fraction of sp³-hybridized carbons (Fsp3) is 0.538. The molecule has 0 heterocycles. The average Bonchev–Trinajstić information content (AvgIpc) is 2.32. The average molecular weight is 259 g/mol. The monoisotopic (exact) mass is 259 g/mol. The molecule has 0 aliphatic heterocycles. The molecule has 1 aromatic rings. The molecule has 3 N–H and O–H groups in total. The maximum absolute atomic E-state index is 12.4. The molecule has 18 heavy (non-hydrogen) atoms. The van der Waals surface area contributed by atoms with Gasteiger partial charge in [-0.1, -0.05) is 12.1 Å². The van der Waals surface area contributed by atoms with Gasteiger partial charge in [0.15, 0.2) is 0 Å². The van der Waals surface area contributed by atoms with Crippen molar-refractivity contribution in [2.45, 2.75) is 43.5 Å². The Morgan fingerprint density at radius 3 is 2.06 bits per heavy atom. The number of alkyl halides is 3. The van der Waals surface area contributed by atoms with Gasteiger partial charge in [0.25, 0.3) is 0 Å². The SMILES string of the molecule is NC1CCC(O)(c2ccc(C(F)(F)F)cc2)CC1. The van der Waals surface area contributed by atoms with Crippen molar-refractivity contribution in [2.24, 2.45) is 5.73 Å². The Kier molecular flexibility index (Phi) is 3.38. The van der Waals surface area contributed by atoms with Crippen LogP contribution in [0.25, 0.3) is 0 Å². The van der Waals surface area contributed by atoms with Gasteiger partial charge in [0, 0.05) is 6.04 Å². The van der Waals surface area contributed by atoms with Crippen LogP contribution in [0.5, 0.6) is 0 Å². The Hall–Kier alpha value is -1.07. The highest BCUT2D eigenvalue weighted by molar-refractivity contribution is 5.29. The van der Waals surface area contributed by atoms with Crippen molar-refractivity contribution in [1.29, 1.82) is 0 Å². The molecule has 0 radical (unpaired) electrons. The number of nitrogens with two attached hydrogens (primary N) is 1. The van der Waals surface area contributed by atoms with E-state index in [4.69, 9.17) is 5.73 Å². The van der Waals surface area contributed by atoms with Crippen LogP contribution in [-0.2, 0) is 11.8 Å². The molecule has 0 atom stereocenters. The number of rotatable bonds is 1. The van der Waals surface area contributed by atoms with Crippen LogP contribution in [-0.4, -0.2) is 11.1 Å². The van der Waals surface area contributed by atoms with E-state index >= 15 is 0 Å². The maximum atomic E-state index is 12.4. The van der Waals surface area contributed by atoms with Crippen molar-refractivity contribution in [1.82, 2.24) is 0 Å². The summed E-state index contributed by atoms with van der Waals surface area (Å²) in [6, 6.07) is 4.84. The minimum absolute atomic E-state index is 0.0831. The minimum atomic E-state index is -4.34. The molecule has 1 fully saturated rings. The highest BCUT2D eigenvalue weighted by atomic mass is 19.4. The van der Waals surface area contributed by atoms with E-state index in [-0.39, 0.29) is 6.04 Å². The molecule has 1 aliphatic rings. The Bertz CT molecular complexity index is 405. The van der Waals surface area contributed by atoms with Crippen LogP contribution in [0.15, 0.2) is 24.3 Å². The van der Waals surface area contributed by atoms with E-state index in [1.54, 1.807) is 0 Å². The first-order valence-corrected chi connectivity index (χ1v) is 5.97. The molecule has 0 unspecified atom stereocenters. The molecule has 100 valence electrons. The van der Waals surface area contributed by atoms with Gasteiger partial charge in [-0.15, -0.1) is 0 Å². The summed E-state index contributed by atoms with van der Waals surface area (Å²) in [6.07, 6.45) is -1.95. The van der Waals surface area contributed by atoms with E-state index in [9.17, 15) is 18.3 Å². The third kappa shape index (κ3) is 2.67. The molecule has 1 saturated carbocycles. The maximum Gasteiger partial charge on any atom is 0.416 e. The second-order valence-corrected chi connectivity index (χ2v) is 4.94. The van der Waals surface area contributed by atoms with Gasteiger partial charge >= 0.3 is 6.18 Å². The zero-order valence-electron chi connectivity index (χ0n) is 9.87. The first-order chi connectivity index (χ1) is 8.31. The lowest BCUT2D eigenvalue weighted by atomic mass is 9.78. The summed E-state index contributed by atoms with van der Waals surface area (Å²) in [5.74, 6) is 0. The Labute approximate surface area is 104 Å².